The monoisotopic (exact) mass is 238 g/mol. The Morgan fingerprint density at radius 1 is 1.47 bits per heavy atom. The van der Waals surface area contributed by atoms with Crippen LogP contribution in [0.4, 0.5) is 4.39 Å². The highest BCUT2D eigenvalue weighted by atomic mass is 19.1. The predicted octanol–water partition coefficient (Wildman–Crippen LogP) is 2.96. The highest BCUT2D eigenvalue weighted by molar-refractivity contribution is 5.77. The molecule has 1 fully saturated rings. The molecule has 1 aromatic rings. The number of para-hydroxylation sites is 1. The molecule has 0 aliphatic heterocycles. The fraction of sp³-hybridized carbons (Fsp3) is 0.462. The van der Waals surface area contributed by atoms with E-state index < -0.39 is 17.6 Å². The van der Waals surface area contributed by atoms with Gasteiger partial charge >= 0.3 is 5.97 Å². The Morgan fingerprint density at radius 3 is 2.59 bits per heavy atom. The van der Waals surface area contributed by atoms with Crippen LogP contribution in [-0.2, 0) is 4.79 Å². The highest BCUT2D eigenvalue weighted by Gasteiger charge is 2.52. The number of benzene rings is 1. The maximum absolute atomic E-state index is 14.5. The van der Waals surface area contributed by atoms with Crippen LogP contribution < -0.4 is 4.74 Å². The zero-order chi connectivity index (χ0) is 12.5. The molecule has 1 saturated carbocycles. The van der Waals surface area contributed by atoms with E-state index in [1.165, 1.54) is 7.11 Å². The molecule has 4 heteroatoms. The Kier molecular flexibility index (Phi) is 3.05. The van der Waals surface area contributed by atoms with Gasteiger partial charge in [-0.25, -0.2) is 4.39 Å². The second-order valence-electron chi connectivity index (χ2n) is 4.42. The Bertz CT molecular complexity index is 426. The number of carbonyl (C=O) groups is 1. The normalized spacial score (nSPS) is 19.2. The number of ether oxygens (including phenoxy) is 1. The average Bonchev–Trinajstić information content (AvgIpc) is 2.26. The molecule has 0 heterocycles. The van der Waals surface area contributed by atoms with Crippen molar-refractivity contribution in [3.8, 4) is 5.75 Å². The Morgan fingerprint density at radius 2 is 2.12 bits per heavy atom. The number of carboxylic acid groups (broad SMARTS) is 1. The third-order valence-electron chi connectivity index (χ3n) is 3.57. The maximum atomic E-state index is 14.5. The lowest BCUT2D eigenvalue weighted by atomic mass is 9.64. The SMILES string of the molecule is COc1ccccc1C(F)C1(C(=O)O)CCC1. The van der Waals surface area contributed by atoms with Crippen LogP contribution in [0.5, 0.6) is 5.75 Å². The number of aliphatic carboxylic acids is 1. The summed E-state index contributed by atoms with van der Waals surface area (Å²) in [7, 11) is 1.46. The molecular formula is C13H15FO3. The van der Waals surface area contributed by atoms with Gasteiger partial charge in [-0.1, -0.05) is 24.6 Å². The van der Waals surface area contributed by atoms with Crippen molar-refractivity contribution in [3.63, 3.8) is 0 Å². The third-order valence-corrected chi connectivity index (χ3v) is 3.57. The van der Waals surface area contributed by atoms with Crippen molar-refractivity contribution >= 4 is 5.97 Å². The Labute approximate surface area is 99.2 Å². The van der Waals surface area contributed by atoms with Crippen LogP contribution in [-0.4, -0.2) is 18.2 Å². The zero-order valence-corrected chi connectivity index (χ0v) is 9.65. The topological polar surface area (TPSA) is 46.5 Å². The largest absolute Gasteiger partial charge is 0.496 e. The van der Waals surface area contributed by atoms with Crippen molar-refractivity contribution in [2.45, 2.75) is 25.4 Å². The molecule has 2 rings (SSSR count). The van der Waals surface area contributed by atoms with Gasteiger partial charge in [0.2, 0.25) is 0 Å². The summed E-state index contributed by atoms with van der Waals surface area (Å²) in [5, 5.41) is 9.20. The number of carboxylic acids is 1. The van der Waals surface area contributed by atoms with Crippen molar-refractivity contribution in [2.75, 3.05) is 7.11 Å². The molecule has 1 aliphatic carbocycles. The quantitative estimate of drug-likeness (QED) is 0.877. The molecule has 0 aromatic heterocycles. The fourth-order valence-corrected chi connectivity index (χ4v) is 2.31. The number of hydrogen-bond acceptors (Lipinski definition) is 2. The fourth-order valence-electron chi connectivity index (χ4n) is 2.31. The lowest BCUT2D eigenvalue weighted by Gasteiger charge is -2.40. The molecule has 1 unspecified atom stereocenters. The number of rotatable bonds is 4. The minimum absolute atomic E-state index is 0.331. The minimum atomic E-state index is -1.51. The van der Waals surface area contributed by atoms with Crippen molar-refractivity contribution < 1.29 is 19.0 Å². The predicted molar refractivity (Wildman–Crippen MR) is 60.8 cm³/mol. The molecular weight excluding hydrogens is 223 g/mol. The number of halogens is 1. The van der Waals surface area contributed by atoms with Crippen LogP contribution in [0, 0.1) is 5.41 Å². The first-order valence-electron chi connectivity index (χ1n) is 5.62. The van der Waals surface area contributed by atoms with E-state index >= 15 is 0 Å². The molecule has 0 spiro atoms. The number of hydrogen-bond donors (Lipinski definition) is 1. The Hall–Kier alpha value is -1.58. The lowest BCUT2D eigenvalue weighted by molar-refractivity contribution is -0.161. The van der Waals surface area contributed by atoms with E-state index in [1.807, 2.05) is 0 Å². The summed E-state index contributed by atoms with van der Waals surface area (Å²) in [5.41, 5.74) is -0.925. The van der Waals surface area contributed by atoms with Gasteiger partial charge in [-0.15, -0.1) is 0 Å². The molecule has 0 saturated heterocycles. The van der Waals surface area contributed by atoms with Gasteiger partial charge < -0.3 is 9.84 Å². The summed E-state index contributed by atoms with van der Waals surface area (Å²) in [5.74, 6) is -0.644. The Balaban J connectivity index is 2.36. The van der Waals surface area contributed by atoms with E-state index in [4.69, 9.17) is 4.74 Å². The lowest BCUT2D eigenvalue weighted by Crippen LogP contribution is -2.41. The van der Waals surface area contributed by atoms with Crippen molar-refractivity contribution in [3.05, 3.63) is 29.8 Å². The summed E-state index contributed by atoms with van der Waals surface area (Å²) in [6.45, 7) is 0. The second kappa shape index (κ2) is 4.35. The van der Waals surface area contributed by atoms with Gasteiger partial charge in [0.15, 0.2) is 0 Å². The van der Waals surface area contributed by atoms with Crippen LogP contribution >= 0.6 is 0 Å². The standard InChI is InChI=1S/C13H15FO3/c1-17-10-6-3-2-5-9(10)11(14)13(12(15)16)7-4-8-13/h2-3,5-6,11H,4,7-8H2,1H3,(H,15,16). The third kappa shape index (κ3) is 1.77. The van der Waals surface area contributed by atoms with E-state index in [-0.39, 0.29) is 0 Å². The number of methoxy groups -OCH3 is 1. The van der Waals surface area contributed by atoms with E-state index in [0.29, 0.717) is 24.2 Å². The number of alkyl halides is 1. The van der Waals surface area contributed by atoms with Crippen LogP contribution in [0.15, 0.2) is 24.3 Å². The van der Waals surface area contributed by atoms with Gasteiger partial charge in [0.25, 0.3) is 0 Å². The first-order valence-corrected chi connectivity index (χ1v) is 5.62. The first kappa shape index (κ1) is 11.9. The summed E-state index contributed by atoms with van der Waals surface area (Å²) < 4.78 is 19.5. The van der Waals surface area contributed by atoms with Gasteiger partial charge in [0.1, 0.15) is 17.3 Å². The first-order chi connectivity index (χ1) is 8.12. The van der Waals surface area contributed by atoms with Crippen LogP contribution in [0.2, 0.25) is 0 Å². The molecule has 3 nitrogen and oxygen atoms in total. The molecule has 1 N–H and O–H groups in total. The van der Waals surface area contributed by atoms with Gasteiger partial charge in [0, 0.05) is 5.56 Å². The molecule has 1 atom stereocenters. The van der Waals surface area contributed by atoms with Crippen molar-refractivity contribution in [2.24, 2.45) is 5.41 Å². The second-order valence-corrected chi connectivity index (χ2v) is 4.42. The molecule has 0 radical (unpaired) electrons. The van der Waals surface area contributed by atoms with E-state index in [0.717, 1.165) is 6.42 Å². The summed E-state index contributed by atoms with van der Waals surface area (Å²) in [4.78, 5) is 11.2. The van der Waals surface area contributed by atoms with Crippen LogP contribution in [0.1, 0.15) is 31.0 Å². The molecule has 17 heavy (non-hydrogen) atoms. The molecule has 92 valence electrons. The van der Waals surface area contributed by atoms with Gasteiger partial charge in [-0.05, 0) is 18.9 Å². The van der Waals surface area contributed by atoms with Gasteiger partial charge in [-0.2, -0.15) is 0 Å². The molecule has 1 aromatic carbocycles. The van der Waals surface area contributed by atoms with Crippen LogP contribution in [0.25, 0.3) is 0 Å². The molecule has 1 aliphatic rings. The maximum Gasteiger partial charge on any atom is 0.312 e. The molecule has 0 bridgehead atoms. The highest BCUT2D eigenvalue weighted by Crippen LogP contribution is 2.53. The van der Waals surface area contributed by atoms with Gasteiger partial charge in [-0.3, -0.25) is 4.79 Å². The van der Waals surface area contributed by atoms with Crippen LogP contribution in [0.3, 0.4) is 0 Å². The minimum Gasteiger partial charge on any atom is -0.496 e. The van der Waals surface area contributed by atoms with E-state index in [1.54, 1.807) is 24.3 Å². The summed E-state index contributed by atoms with van der Waals surface area (Å²) in [6.07, 6.45) is 0.0372. The average molecular weight is 238 g/mol. The van der Waals surface area contributed by atoms with Crippen molar-refractivity contribution in [1.29, 1.82) is 0 Å². The smallest absolute Gasteiger partial charge is 0.312 e. The zero-order valence-electron chi connectivity index (χ0n) is 9.65. The van der Waals surface area contributed by atoms with E-state index in [2.05, 4.69) is 0 Å². The van der Waals surface area contributed by atoms with E-state index in [9.17, 15) is 14.3 Å². The summed E-state index contributed by atoms with van der Waals surface area (Å²) >= 11 is 0. The molecule has 0 amide bonds. The summed E-state index contributed by atoms with van der Waals surface area (Å²) in [6, 6.07) is 6.67. The van der Waals surface area contributed by atoms with Gasteiger partial charge in [0.05, 0.1) is 7.11 Å². The van der Waals surface area contributed by atoms with Crippen molar-refractivity contribution in [1.82, 2.24) is 0 Å².